The summed E-state index contributed by atoms with van der Waals surface area (Å²) in [6, 6.07) is 8.32. The van der Waals surface area contributed by atoms with Gasteiger partial charge < -0.3 is 5.32 Å². The van der Waals surface area contributed by atoms with Crippen molar-refractivity contribution in [3.63, 3.8) is 0 Å². The molecular formula is C17H9ClF3N5OS. The van der Waals surface area contributed by atoms with Crippen molar-refractivity contribution in [2.24, 2.45) is 0 Å². The lowest BCUT2D eigenvalue weighted by molar-refractivity contribution is -0.141. The van der Waals surface area contributed by atoms with Crippen LogP contribution < -0.4 is 11.0 Å². The first kappa shape index (κ1) is 18.4. The fraction of sp³-hybridized carbons (Fsp3) is 0.0588. The molecule has 4 rings (SSSR count). The van der Waals surface area contributed by atoms with Crippen LogP contribution >= 0.6 is 23.1 Å². The average Bonchev–Trinajstić information content (AvgIpc) is 3.15. The lowest BCUT2D eigenvalue weighted by Crippen LogP contribution is -2.24. The smallest absolute Gasteiger partial charge is 0.337 e. The van der Waals surface area contributed by atoms with Crippen LogP contribution in [0, 0.1) is 0 Å². The van der Waals surface area contributed by atoms with E-state index in [1.807, 2.05) is 0 Å². The van der Waals surface area contributed by atoms with Crippen LogP contribution in [0.5, 0.6) is 0 Å². The fourth-order valence-electron chi connectivity index (χ4n) is 2.61. The third kappa shape index (κ3) is 3.32. The van der Waals surface area contributed by atoms with E-state index in [2.05, 4.69) is 19.7 Å². The molecule has 0 aliphatic carbocycles. The van der Waals surface area contributed by atoms with Crippen LogP contribution in [0.15, 0.2) is 52.8 Å². The largest absolute Gasteiger partial charge is 0.433 e. The molecule has 0 radical (unpaired) electrons. The first-order valence-corrected chi connectivity index (χ1v) is 8.98. The third-order valence-electron chi connectivity index (χ3n) is 3.82. The zero-order valence-electron chi connectivity index (χ0n) is 13.7. The van der Waals surface area contributed by atoms with Crippen molar-refractivity contribution >= 4 is 45.7 Å². The molecule has 6 nitrogen and oxygen atoms in total. The van der Waals surface area contributed by atoms with Crippen molar-refractivity contribution in [2.75, 3.05) is 5.32 Å². The molecule has 0 bridgehead atoms. The van der Waals surface area contributed by atoms with E-state index in [0.717, 1.165) is 10.6 Å². The van der Waals surface area contributed by atoms with Gasteiger partial charge in [0.2, 0.25) is 0 Å². The molecule has 0 amide bonds. The van der Waals surface area contributed by atoms with Crippen LogP contribution in [-0.4, -0.2) is 18.9 Å². The van der Waals surface area contributed by atoms with Gasteiger partial charge in [0, 0.05) is 5.38 Å². The van der Waals surface area contributed by atoms with Crippen LogP contribution in [0.2, 0.25) is 5.02 Å². The number of nitrogens with zero attached hydrogens (tertiary/aromatic N) is 4. The van der Waals surface area contributed by atoms with Gasteiger partial charge in [0.25, 0.3) is 0 Å². The normalized spacial score (nSPS) is 11.7. The Labute approximate surface area is 164 Å². The van der Waals surface area contributed by atoms with Crippen LogP contribution in [0.1, 0.15) is 5.69 Å². The molecule has 0 atom stereocenters. The molecule has 1 N–H and O–H groups in total. The minimum absolute atomic E-state index is 0.0738. The maximum absolute atomic E-state index is 13.2. The summed E-state index contributed by atoms with van der Waals surface area (Å²) in [4.78, 5) is 20.4. The number of benzene rings is 1. The van der Waals surface area contributed by atoms with Gasteiger partial charge in [-0.2, -0.15) is 22.5 Å². The molecule has 0 saturated heterocycles. The maximum atomic E-state index is 13.2. The molecule has 1 aromatic carbocycles. The van der Waals surface area contributed by atoms with Crippen LogP contribution in [0.4, 0.5) is 24.7 Å². The summed E-state index contributed by atoms with van der Waals surface area (Å²) < 4.78 is 44.6. The summed E-state index contributed by atoms with van der Waals surface area (Å²) in [7, 11) is 0. The molecule has 0 unspecified atom stereocenters. The highest BCUT2D eigenvalue weighted by Crippen LogP contribution is 2.32. The highest BCUT2D eigenvalue weighted by atomic mass is 35.5. The van der Waals surface area contributed by atoms with Crippen LogP contribution in [0.25, 0.3) is 16.7 Å². The van der Waals surface area contributed by atoms with E-state index >= 15 is 0 Å². The van der Waals surface area contributed by atoms with Crippen molar-refractivity contribution in [2.45, 2.75) is 6.18 Å². The molecule has 28 heavy (non-hydrogen) atoms. The lowest BCUT2D eigenvalue weighted by atomic mass is 10.2. The van der Waals surface area contributed by atoms with Gasteiger partial charge in [-0.25, -0.2) is 14.3 Å². The van der Waals surface area contributed by atoms with Crippen LogP contribution in [-0.2, 0) is 6.18 Å². The Hall–Kier alpha value is -2.98. The van der Waals surface area contributed by atoms with E-state index in [-0.39, 0.29) is 27.6 Å². The van der Waals surface area contributed by atoms with E-state index < -0.39 is 17.6 Å². The monoisotopic (exact) mass is 423 g/mol. The Bertz CT molecular complexity index is 1220. The van der Waals surface area contributed by atoms with Gasteiger partial charge in [-0.15, -0.1) is 0 Å². The summed E-state index contributed by atoms with van der Waals surface area (Å²) in [5, 5.41) is 4.96. The Morgan fingerprint density at radius 1 is 1.11 bits per heavy atom. The van der Waals surface area contributed by atoms with Gasteiger partial charge in [0.05, 0.1) is 28.0 Å². The van der Waals surface area contributed by atoms with E-state index in [9.17, 15) is 18.0 Å². The zero-order chi connectivity index (χ0) is 19.9. The molecule has 11 heteroatoms. The Kier molecular flexibility index (Phi) is 4.52. The number of anilines is 2. The first-order valence-electron chi connectivity index (χ1n) is 7.77. The number of rotatable bonds is 3. The molecule has 0 saturated carbocycles. The minimum Gasteiger partial charge on any atom is -0.337 e. The standard InChI is InChI=1S/C17H9ClF3N5OS/c18-11-3-1-2-4-12(11)26-15-10(5-6-13(24-15)17(19,20)21)14(25-16(26)27)23-9-7-22-28-8-9/h1-8H,(H,23,25,27). The number of pyridine rings is 1. The summed E-state index contributed by atoms with van der Waals surface area (Å²) in [6.07, 6.45) is -3.17. The fourth-order valence-corrected chi connectivity index (χ4v) is 3.30. The van der Waals surface area contributed by atoms with Gasteiger partial charge in [-0.3, -0.25) is 0 Å². The second-order valence-corrected chi connectivity index (χ2v) is 6.70. The van der Waals surface area contributed by atoms with Gasteiger partial charge in [0.15, 0.2) is 5.65 Å². The maximum Gasteiger partial charge on any atom is 0.433 e. The second-order valence-electron chi connectivity index (χ2n) is 5.63. The van der Waals surface area contributed by atoms with Crippen molar-refractivity contribution < 1.29 is 13.2 Å². The van der Waals surface area contributed by atoms with Crippen LogP contribution in [0.3, 0.4) is 0 Å². The van der Waals surface area contributed by atoms with Gasteiger partial charge in [0.1, 0.15) is 11.5 Å². The number of halogens is 4. The molecule has 0 fully saturated rings. The molecule has 0 spiro atoms. The summed E-state index contributed by atoms with van der Waals surface area (Å²) in [6.45, 7) is 0. The molecule has 142 valence electrons. The SMILES string of the molecule is O=c1nc(Nc2cnsc2)c2ccc(C(F)(F)F)nc2n1-c1ccccc1Cl. The number of hydrogen-bond acceptors (Lipinski definition) is 6. The summed E-state index contributed by atoms with van der Waals surface area (Å²) in [5.74, 6) is 0.0738. The molecule has 0 aliphatic heterocycles. The van der Waals surface area contributed by atoms with E-state index in [0.29, 0.717) is 5.69 Å². The zero-order valence-corrected chi connectivity index (χ0v) is 15.3. The van der Waals surface area contributed by atoms with Crippen molar-refractivity contribution in [1.82, 2.24) is 18.9 Å². The molecule has 4 aromatic rings. The minimum atomic E-state index is -4.68. The number of fused-ring (bicyclic) bond motifs is 1. The Morgan fingerprint density at radius 2 is 1.89 bits per heavy atom. The van der Waals surface area contributed by atoms with Gasteiger partial charge in [-0.05, 0) is 35.8 Å². The van der Waals surface area contributed by atoms with Crippen molar-refractivity contribution in [1.29, 1.82) is 0 Å². The molecule has 0 aliphatic rings. The van der Waals surface area contributed by atoms with Gasteiger partial charge >= 0.3 is 11.9 Å². The van der Waals surface area contributed by atoms with E-state index in [1.165, 1.54) is 35.9 Å². The number of hydrogen-bond donors (Lipinski definition) is 1. The summed E-state index contributed by atoms with van der Waals surface area (Å²) in [5.41, 5.74) is -1.43. The van der Waals surface area contributed by atoms with Crippen molar-refractivity contribution in [3.8, 4) is 5.69 Å². The number of alkyl halides is 3. The van der Waals surface area contributed by atoms with E-state index in [4.69, 9.17) is 11.6 Å². The van der Waals surface area contributed by atoms with E-state index in [1.54, 1.807) is 17.5 Å². The second kappa shape index (κ2) is 6.88. The first-order chi connectivity index (χ1) is 13.3. The van der Waals surface area contributed by atoms with Gasteiger partial charge in [-0.1, -0.05) is 23.7 Å². The quantitative estimate of drug-likeness (QED) is 0.519. The summed E-state index contributed by atoms with van der Waals surface area (Å²) >= 11 is 7.33. The predicted molar refractivity (Wildman–Crippen MR) is 101 cm³/mol. The Morgan fingerprint density at radius 3 is 2.57 bits per heavy atom. The molecular weight excluding hydrogens is 415 g/mol. The number of para-hydroxylation sites is 1. The molecule has 3 aromatic heterocycles. The highest BCUT2D eigenvalue weighted by Gasteiger charge is 2.33. The Balaban J connectivity index is 2.04. The highest BCUT2D eigenvalue weighted by molar-refractivity contribution is 7.04. The third-order valence-corrected chi connectivity index (χ3v) is 4.73. The number of nitrogens with one attached hydrogen (secondary N) is 1. The topological polar surface area (TPSA) is 72.7 Å². The molecule has 3 heterocycles. The lowest BCUT2D eigenvalue weighted by Gasteiger charge is -2.15. The average molecular weight is 424 g/mol. The predicted octanol–water partition coefficient (Wildman–Crippen LogP) is 4.65. The van der Waals surface area contributed by atoms with Crippen molar-refractivity contribution in [3.05, 3.63) is 69.2 Å². The number of aromatic nitrogens is 4.